The summed E-state index contributed by atoms with van der Waals surface area (Å²) >= 11 is 0. The van der Waals surface area contributed by atoms with Crippen molar-refractivity contribution in [2.24, 2.45) is 0 Å². The number of Topliss-reactive ketones (excluding diaryl/α,β-unsaturated/α-hetero) is 1. The smallest absolute Gasteiger partial charge is 0.322 e. The molecule has 23 heavy (non-hydrogen) atoms. The predicted molar refractivity (Wildman–Crippen MR) is 79.6 cm³/mol. The number of hydrogen-bond donors (Lipinski definition) is 2. The number of ketones is 1. The fourth-order valence-corrected chi connectivity index (χ4v) is 2.14. The van der Waals surface area contributed by atoms with Gasteiger partial charge in [-0.3, -0.25) is 19.2 Å². The molecule has 2 amide bonds. The van der Waals surface area contributed by atoms with Gasteiger partial charge in [-0.25, -0.2) is 0 Å². The zero-order valence-corrected chi connectivity index (χ0v) is 12.5. The van der Waals surface area contributed by atoms with E-state index in [1.54, 1.807) is 18.2 Å². The van der Waals surface area contributed by atoms with Crippen LogP contribution in [0.1, 0.15) is 23.7 Å². The average molecular weight is 320 g/mol. The molecular weight excluding hydrogens is 304 g/mol. The maximum absolute atomic E-state index is 12.0. The number of hydrogen-bond acceptors (Lipinski definition) is 5. The fraction of sp³-hybridized carbons (Fsp3) is 0.333. The van der Waals surface area contributed by atoms with Gasteiger partial charge < -0.3 is 20.1 Å². The van der Waals surface area contributed by atoms with Crippen molar-refractivity contribution in [2.45, 2.75) is 13.3 Å². The number of ether oxygens (including phenoxy) is 1. The molecule has 1 aliphatic rings. The van der Waals surface area contributed by atoms with Gasteiger partial charge in [0, 0.05) is 18.5 Å². The topological polar surface area (TPSA) is 113 Å². The normalized spacial score (nSPS) is 13.1. The van der Waals surface area contributed by atoms with Gasteiger partial charge >= 0.3 is 5.97 Å². The molecule has 0 unspecified atom stereocenters. The first-order valence-corrected chi connectivity index (χ1v) is 6.95. The van der Waals surface area contributed by atoms with Gasteiger partial charge in [0.05, 0.1) is 5.69 Å². The predicted octanol–water partition coefficient (Wildman–Crippen LogP) is 0.205. The van der Waals surface area contributed by atoms with E-state index in [0.29, 0.717) is 17.0 Å². The van der Waals surface area contributed by atoms with Crippen molar-refractivity contribution in [2.75, 3.05) is 24.6 Å². The zero-order valence-electron chi connectivity index (χ0n) is 12.5. The van der Waals surface area contributed by atoms with Gasteiger partial charge in [-0.1, -0.05) is 0 Å². The summed E-state index contributed by atoms with van der Waals surface area (Å²) in [5.74, 6) is -1.64. The van der Waals surface area contributed by atoms with Gasteiger partial charge in [0.15, 0.2) is 12.4 Å². The number of anilines is 1. The van der Waals surface area contributed by atoms with Gasteiger partial charge in [0.25, 0.3) is 5.91 Å². The molecule has 8 heteroatoms. The van der Waals surface area contributed by atoms with E-state index in [-0.39, 0.29) is 31.3 Å². The van der Waals surface area contributed by atoms with Crippen LogP contribution in [0.3, 0.4) is 0 Å². The molecule has 0 bridgehead atoms. The van der Waals surface area contributed by atoms with Crippen LogP contribution in [0.25, 0.3) is 0 Å². The summed E-state index contributed by atoms with van der Waals surface area (Å²) in [6.45, 7) is 0.864. The van der Waals surface area contributed by atoms with Crippen LogP contribution in [0.4, 0.5) is 5.69 Å². The highest BCUT2D eigenvalue weighted by molar-refractivity contribution is 6.01. The maximum atomic E-state index is 12.0. The molecule has 0 aromatic heterocycles. The fourth-order valence-electron chi connectivity index (χ4n) is 2.14. The van der Waals surface area contributed by atoms with Crippen LogP contribution in [0.2, 0.25) is 0 Å². The van der Waals surface area contributed by atoms with Crippen molar-refractivity contribution < 1.29 is 29.0 Å². The standard InChI is InChI=1S/C15H16N2O6/c1-9(18)10-2-3-12-11(6-10)17(14(20)8-23-12)5-4-13(19)16-7-15(21)22/h2-3,6H,4-5,7-8H2,1H3,(H,16,19)(H,21,22). The molecule has 122 valence electrons. The molecule has 1 aromatic carbocycles. The number of amides is 2. The molecule has 1 aromatic rings. The van der Waals surface area contributed by atoms with E-state index in [9.17, 15) is 19.2 Å². The van der Waals surface area contributed by atoms with E-state index in [2.05, 4.69) is 5.32 Å². The van der Waals surface area contributed by atoms with Crippen LogP contribution in [-0.2, 0) is 14.4 Å². The van der Waals surface area contributed by atoms with Gasteiger partial charge in [0.1, 0.15) is 12.3 Å². The molecule has 0 aliphatic carbocycles. The molecule has 0 fully saturated rings. The zero-order chi connectivity index (χ0) is 17.0. The Morgan fingerprint density at radius 1 is 1.35 bits per heavy atom. The molecule has 0 atom stereocenters. The van der Waals surface area contributed by atoms with Crippen LogP contribution >= 0.6 is 0 Å². The molecule has 8 nitrogen and oxygen atoms in total. The van der Waals surface area contributed by atoms with Crippen LogP contribution < -0.4 is 15.0 Å². The van der Waals surface area contributed by atoms with Crippen molar-refractivity contribution >= 4 is 29.3 Å². The monoisotopic (exact) mass is 320 g/mol. The minimum Gasteiger partial charge on any atom is -0.482 e. The minimum absolute atomic E-state index is 0.0528. The Hall–Kier alpha value is -2.90. The molecular formula is C15H16N2O6. The number of aliphatic carboxylic acids is 1. The highest BCUT2D eigenvalue weighted by atomic mass is 16.5. The largest absolute Gasteiger partial charge is 0.482 e. The second-order valence-corrected chi connectivity index (χ2v) is 4.99. The summed E-state index contributed by atoms with van der Waals surface area (Å²) in [7, 11) is 0. The number of benzene rings is 1. The van der Waals surface area contributed by atoms with Crippen molar-refractivity contribution in [3.63, 3.8) is 0 Å². The van der Waals surface area contributed by atoms with E-state index in [1.165, 1.54) is 11.8 Å². The highest BCUT2D eigenvalue weighted by Gasteiger charge is 2.26. The van der Waals surface area contributed by atoms with Crippen molar-refractivity contribution in [3.8, 4) is 5.75 Å². The Morgan fingerprint density at radius 3 is 2.74 bits per heavy atom. The second-order valence-electron chi connectivity index (χ2n) is 4.99. The Balaban J connectivity index is 2.11. The van der Waals surface area contributed by atoms with Crippen molar-refractivity contribution in [1.82, 2.24) is 5.32 Å². The molecule has 1 heterocycles. The first kappa shape index (κ1) is 16.5. The minimum atomic E-state index is -1.14. The van der Waals surface area contributed by atoms with Gasteiger partial charge in [-0.2, -0.15) is 0 Å². The SMILES string of the molecule is CC(=O)c1ccc2c(c1)N(CCC(=O)NCC(=O)O)C(=O)CO2. The van der Waals surface area contributed by atoms with Crippen molar-refractivity contribution in [3.05, 3.63) is 23.8 Å². The van der Waals surface area contributed by atoms with Gasteiger partial charge in [0.2, 0.25) is 5.91 Å². The summed E-state index contributed by atoms with van der Waals surface area (Å²) in [5.41, 5.74) is 0.863. The number of carbonyl (C=O) groups excluding carboxylic acids is 3. The van der Waals surface area contributed by atoms with Crippen LogP contribution in [0.5, 0.6) is 5.75 Å². The van der Waals surface area contributed by atoms with Crippen LogP contribution in [0.15, 0.2) is 18.2 Å². The lowest BCUT2D eigenvalue weighted by atomic mass is 10.1. The number of carboxylic acid groups (broad SMARTS) is 1. The number of nitrogens with zero attached hydrogens (tertiary/aromatic N) is 1. The summed E-state index contributed by atoms with van der Waals surface area (Å²) in [5, 5.41) is 10.7. The Bertz CT molecular complexity index is 670. The number of carbonyl (C=O) groups is 4. The number of fused-ring (bicyclic) bond motifs is 1. The molecule has 0 saturated carbocycles. The number of nitrogens with one attached hydrogen (secondary N) is 1. The van der Waals surface area contributed by atoms with E-state index in [0.717, 1.165) is 0 Å². The molecule has 1 aliphatic heterocycles. The van der Waals surface area contributed by atoms with Gasteiger partial charge in [-0.05, 0) is 25.1 Å². The van der Waals surface area contributed by atoms with Crippen molar-refractivity contribution in [1.29, 1.82) is 0 Å². The summed E-state index contributed by atoms with van der Waals surface area (Å²) in [6.07, 6.45) is -0.0528. The molecule has 2 rings (SSSR count). The van der Waals surface area contributed by atoms with E-state index < -0.39 is 18.4 Å². The molecule has 0 spiro atoms. The third-order valence-corrected chi connectivity index (χ3v) is 3.31. The Labute approximate surface area is 132 Å². The lowest BCUT2D eigenvalue weighted by molar-refractivity contribution is -0.138. The van der Waals surface area contributed by atoms with E-state index in [1.807, 2.05) is 0 Å². The molecule has 2 N–H and O–H groups in total. The Kier molecular flexibility index (Phi) is 4.95. The number of carboxylic acids is 1. The summed E-state index contributed by atoms with van der Waals surface area (Å²) in [6, 6.07) is 4.76. The first-order valence-electron chi connectivity index (χ1n) is 6.95. The average Bonchev–Trinajstić information content (AvgIpc) is 2.51. The summed E-state index contributed by atoms with van der Waals surface area (Å²) < 4.78 is 5.31. The third-order valence-electron chi connectivity index (χ3n) is 3.31. The second kappa shape index (κ2) is 6.91. The quantitative estimate of drug-likeness (QED) is 0.724. The van der Waals surface area contributed by atoms with E-state index >= 15 is 0 Å². The summed E-state index contributed by atoms with van der Waals surface area (Å²) in [4.78, 5) is 46.8. The third kappa shape index (κ3) is 4.06. The lowest BCUT2D eigenvalue weighted by Crippen LogP contribution is -2.41. The lowest BCUT2D eigenvalue weighted by Gasteiger charge is -2.29. The molecule has 0 saturated heterocycles. The van der Waals surface area contributed by atoms with Crippen LogP contribution in [0, 0.1) is 0 Å². The van der Waals surface area contributed by atoms with Crippen LogP contribution in [-0.4, -0.2) is 48.4 Å². The maximum Gasteiger partial charge on any atom is 0.322 e. The van der Waals surface area contributed by atoms with E-state index in [4.69, 9.17) is 9.84 Å². The molecule has 0 radical (unpaired) electrons. The number of rotatable bonds is 6. The Morgan fingerprint density at radius 2 is 2.09 bits per heavy atom. The van der Waals surface area contributed by atoms with Gasteiger partial charge in [-0.15, -0.1) is 0 Å². The first-order chi connectivity index (χ1) is 10.9. The highest BCUT2D eigenvalue weighted by Crippen LogP contribution is 2.33.